The minimum atomic E-state index is 1.03. The summed E-state index contributed by atoms with van der Waals surface area (Å²) in [6.07, 6.45) is 0. The van der Waals surface area contributed by atoms with Crippen LogP contribution in [0.4, 0.5) is 0 Å². The summed E-state index contributed by atoms with van der Waals surface area (Å²) in [7, 11) is 0. The van der Waals surface area contributed by atoms with Gasteiger partial charge in [-0.3, -0.25) is 5.10 Å². The Kier molecular flexibility index (Phi) is 2.58. The molecular formula is C19H16N2. The highest BCUT2D eigenvalue weighted by Crippen LogP contribution is 2.30. The number of hydrogen-bond acceptors (Lipinski definition) is 1. The lowest BCUT2D eigenvalue weighted by Crippen LogP contribution is -1.83. The van der Waals surface area contributed by atoms with E-state index in [1.165, 1.54) is 32.8 Å². The van der Waals surface area contributed by atoms with Crippen LogP contribution in [-0.4, -0.2) is 10.2 Å². The molecule has 0 atom stereocenters. The van der Waals surface area contributed by atoms with Gasteiger partial charge in [-0.1, -0.05) is 41.5 Å². The Hall–Kier alpha value is -2.61. The van der Waals surface area contributed by atoms with Crippen molar-refractivity contribution in [3.05, 3.63) is 65.7 Å². The summed E-state index contributed by atoms with van der Waals surface area (Å²) in [5.41, 5.74) is 5.82. The summed E-state index contributed by atoms with van der Waals surface area (Å²) in [4.78, 5) is 0. The van der Waals surface area contributed by atoms with Crippen molar-refractivity contribution in [2.75, 3.05) is 0 Å². The van der Waals surface area contributed by atoms with Crippen LogP contribution in [0.1, 0.15) is 11.1 Å². The van der Waals surface area contributed by atoms with Crippen molar-refractivity contribution in [1.29, 1.82) is 0 Å². The smallest absolute Gasteiger partial charge is 0.0999 e. The Balaban J connectivity index is 2.02. The Morgan fingerprint density at radius 3 is 2.19 bits per heavy atom. The summed E-state index contributed by atoms with van der Waals surface area (Å²) in [5.74, 6) is 0. The number of aromatic amines is 1. The molecule has 0 aliphatic carbocycles. The van der Waals surface area contributed by atoms with Crippen LogP contribution < -0.4 is 0 Å². The molecule has 0 saturated heterocycles. The van der Waals surface area contributed by atoms with E-state index in [2.05, 4.69) is 78.6 Å². The normalized spacial score (nSPS) is 11.3. The molecule has 0 aliphatic heterocycles. The average Bonchev–Trinajstić information content (AvgIpc) is 2.86. The molecule has 4 rings (SSSR count). The molecule has 1 heterocycles. The molecule has 3 aromatic carbocycles. The van der Waals surface area contributed by atoms with Gasteiger partial charge in [-0.2, -0.15) is 5.10 Å². The predicted molar refractivity (Wildman–Crippen MR) is 88.5 cm³/mol. The maximum Gasteiger partial charge on any atom is 0.0999 e. The topological polar surface area (TPSA) is 28.7 Å². The van der Waals surface area contributed by atoms with E-state index in [9.17, 15) is 0 Å². The second-order valence-corrected chi connectivity index (χ2v) is 5.69. The number of benzene rings is 3. The lowest BCUT2D eigenvalue weighted by Gasteiger charge is -2.03. The van der Waals surface area contributed by atoms with Gasteiger partial charge in [0.25, 0.3) is 0 Å². The lowest BCUT2D eigenvalue weighted by atomic mass is 10.0. The summed E-state index contributed by atoms with van der Waals surface area (Å²) < 4.78 is 0. The molecule has 0 fully saturated rings. The van der Waals surface area contributed by atoms with Crippen molar-refractivity contribution in [3.8, 4) is 11.3 Å². The Labute approximate surface area is 123 Å². The third-order valence-corrected chi connectivity index (χ3v) is 3.92. The maximum atomic E-state index is 4.55. The summed E-state index contributed by atoms with van der Waals surface area (Å²) in [5, 5.41) is 11.4. The van der Waals surface area contributed by atoms with Crippen molar-refractivity contribution in [1.82, 2.24) is 10.2 Å². The molecule has 0 amide bonds. The van der Waals surface area contributed by atoms with E-state index in [0.717, 1.165) is 11.2 Å². The van der Waals surface area contributed by atoms with Gasteiger partial charge in [0.2, 0.25) is 0 Å². The minimum absolute atomic E-state index is 1.03. The molecule has 0 saturated carbocycles. The van der Waals surface area contributed by atoms with Gasteiger partial charge in [0.15, 0.2) is 0 Å². The minimum Gasteiger partial charge on any atom is -0.277 e. The Morgan fingerprint density at radius 1 is 0.810 bits per heavy atom. The quantitative estimate of drug-likeness (QED) is 0.519. The number of H-pyrrole nitrogens is 1. The fourth-order valence-corrected chi connectivity index (χ4v) is 3.04. The van der Waals surface area contributed by atoms with Crippen LogP contribution in [-0.2, 0) is 0 Å². The van der Waals surface area contributed by atoms with Crippen LogP contribution in [0, 0.1) is 13.8 Å². The predicted octanol–water partition coefficient (Wildman–Crippen LogP) is 5.00. The van der Waals surface area contributed by atoms with Crippen molar-refractivity contribution in [3.63, 3.8) is 0 Å². The van der Waals surface area contributed by atoms with E-state index in [1.807, 2.05) is 0 Å². The molecule has 0 radical (unpaired) electrons. The van der Waals surface area contributed by atoms with Gasteiger partial charge in [-0.05, 0) is 48.9 Å². The van der Waals surface area contributed by atoms with Crippen molar-refractivity contribution in [2.45, 2.75) is 13.8 Å². The average molecular weight is 272 g/mol. The highest BCUT2D eigenvalue weighted by atomic mass is 15.1. The first-order valence-corrected chi connectivity index (χ1v) is 7.16. The highest BCUT2D eigenvalue weighted by molar-refractivity contribution is 6.02. The molecule has 0 bridgehead atoms. The Bertz CT molecular complexity index is 944. The van der Waals surface area contributed by atoms with Gasteiger partial charge in [0.1, 0.15) is 0 Å². The van der Waals surface area contributed by atoms with Crippen molar-refractivity contribution in [2.24, 2.45) is 0 Å². The van der Waals surface area contributed by atoms with Crippen molar-refractivity contribution >= 4 is 21.7 Å². The van der Waals surface area contributed by atoms with Crippen LogP contribution in [0.3, 0.4) is 0 Å². The van der Waals surface area contributed by atoms with Crippen LogP contribution >= 0.6 is 0 Å². The van der Waals surface area contributed by atoms with Gasteiger partial charge < -0.3 is 0 Å². The van der Waals surface area contributed by atoms with Crippen LogP contribution in [0.2, 0.25) is 0 Å². The molecular weight excluding hydrogens is 256 g/mol. The first kappa shape index (κ1) is 12.2. The second kappa shape index (κ2) is 4.45. The molecule has 0 aliphatic rings. The molecule has 1 aromatic heterocycles. The monoisotopic (exact) mass is 272 g/mol. The highest BCUT2D eigenvalue weighted by Gasteiger charge is 2.10. The third kappa shape index (κ3) is 2.00. The number of aromatic nitrogens is 2. The number of fused-ring (bicyclic) bond motifs is 2. The van der Waals surface area contributed by atoms with Crippen molar-refractivity contribution < 1.29 is 0 Å². The number of nitrogens with zero attached hydrogens (tertiary/aromatic N) is 1. The van der Waals surface area contributed by atoms with E-state index < -0.39 is 0 Å². The van der Waals surface area contributed by atoms with Gasteiger partial charge in [-0.25, -0.2) is 0 Å². The first-order chi connectivity index (χ1) is 10.2. The van der Waals surface area contributed by atoms with Crippen LogP contribution in [0.15, 0.2) is 54.6 Å². The zero-order valence-corrected chi connectivity index (χ0v) is 12.1. The van der Waals surface area contributed by atoms with Gasteiger partial charge in [0, 0.05) is 10.9 Å². The van der Waals surface area contributed by atoms with Gasteiger partial charge in [-0.15, -0.1) is 0 Å². The molecule has 2 nitrogen and oxygen atoms in total. The largest absolute Gasteiger partial charge is 0.277 e. The SMILES string of the molecule is Cc1cc(C)cc(-c2n[nH]c3cc4ccccc4cc23)c1. The van der Waals surface area contributed by atoms with Gasteiger partial charge >= 0.3 is 0 Å². The second-order valence-electron chi connectivity index (χ2n) is 5.69. The number of rotatable bonds is 1. The van der Waals surface area contributed by atoms with E-state index in [1.54, 1.807) is 0 Å². The first-order valence-electron chi connectivity index (χ1n) is 7.16. The molecule has 0 spiro atoms. The van der Waals surface area contributed by atoms with Crippen LogP contribution in [0.25, 0.3) is 32.9 Å². The standard InChI is InChI=1S/C19H16N2/c1-12-7-13(2)9-16(8-12)19-17-10-14-5-3-4-6-15(14)11-18(17)20-21-19/h3-11H,1-2H3,(H,20,21). The van der Waals surface area contributed by atoms with E-state index in [-0.39, 0.29) is 0 Å². The zero-order chi connectivity index (χ0) is 14.4. The van der Waals surface area contributed by atoms with Crippen LogP contribution in [0.5, 0.6) is 0 Å². The van der Waals surface area contributed by atoms with E-state index in [0.29, 0.717) is 0 Å². The number of nitrogens with one attached hydrogen (secondary N) is 1. The molecule has 0 unspecified atom stereocenters. The fraction of sp³-hybridized carbons (Fsp3) is 0.105. The number of aryl methyl sites for hydroxylation is 2. The van der Waals surface area contributed by atoms with Gasteiger partial charge in [0.05, 0.1) is 11.2 Å². The van der Waals surface area contributed by atoms with E-state index in [4.69, 9.17) is 0 Å². The molecule has 102 valence electrons. The third-order valence-electron chi connectivity index (χ3n) is 3.92. The lowest BCUT2D eigenvalue weighted by molar-refractivity contribution is 1.12. The molecule has 1 N–H and O–H groups in total. The molecule has 2 heteroatoms. The zero-order valence-electron chi connectivity index (χ0n) is 12.1. The Morgan fingerprint density at radius 2 is 1.48 bits per heavy atom. The molecule has 4 aromatic rings. The summed E-state index contributed by atoms with van der Waals surface area (Å²) >= 11 is 0. The maximum absolute atomic E-state index is 4.55. The number of hydrogen-bond donors (Lipinski definition) is 1. The van der Waals surface area contributed by atoms with E-state index >= 15 is 0 Å². The molecule has 21 heavy (non-hydrogen) atoms. The summed E-state index contributed by atoms with van der Waals surface area (Å²) in [6.45, 7) is 4.25. The summed E-state index contributed by atoms with van der Waals surface area (Å²) in [6, 6.07) is 19.4. The fourth-order valence-electron chi connectivity index (χ4n) is 3.04.